The third kappa shape index (κ3) is 7.08. The first-order chi connectivity index (χ1) is 17.4. The summed E-state index contributed by atoms with van der Waals surface area (Å²) in [5.74, 6) is 2.16. The molecule has 0 N–H and O–H groups in total. The van der Waals surface area contributed by atoms with E-state index in [4.69, 9.17) is 9.47 Å². The molecule has 3 heteroatoms. The number of hydrogen-bond acceptors (Lipinski definition) is 3. The molecule has 0 radical (unpaired) electrons. The fourth-order valence-electron chi connectivity index (χ4n) is 4.25. The second kappa shape index (κ2) is 11.7. The average molecular weight is 479 g/mol. The van der Waals surface area contributed by atoms with Gasteiger partial charge in [-0.2, -0.15) is 0 Å². The van der Waals surface area contributed by atoms with Gasteiger partial charge in [0.1, 0.15) is 11.5 Å². The fraction of sp³-hybridized carbons (Fsp3) is 0.242. The first-order valence-electron chi connectivity index (χ1n) is 12.6. The fourth-order valence-corrected chi connectivity index (χ4v) is 4.25. The molecular weight excluding hydrogens is 444 g/mol. The normalized spacial score (nSPS) is 11.1. The standard InChI is InChI=1S/C33H34O3/c1-23(2)21-25-5-9-27(10-6-25)29-13-17-31(18-14-29)35-33(34)36-32-19-15-30(16-20-32)28-11-7-26(8-12-28)22-24(3)4/h5-20,23-24H,21-22H2,1-4H3. The van der Waals surface area contributed by atoms with Crippen molar-refractivity contribution in [2.75, 3.05) is 0 Å². The number of benzene rings is 4. The second-order valence-corrected chi connectivity index (χ2v) is 10.1. The molecule has 0 heterocycles. The number of carbonyl (C=O) groups is 1. The highest BCUT2D eigenvalue weighted by atomic mass is 16.7. The maximum atomic E-state index is 12.3. The van der Waals surface area contributed by atoms with Crippen molar-refractivity contribution in [3.05, 3.63) is 108 Å². The summed E-state index contributed by atoms with van der Waals surface area (Å²) in [5.41, 5.74) is 7.07. The summed E-state index contributed by atoms with van der Waals surface area (Å²) in [6, 6.07) is 32.1. The van der Waals surface area contributed by atoms with Gasteiger partial charge in [-0.05, 0) is 82.3 Å². The molecule has 4 aromatic carbocycles. The van der Waals surface area contributed by atoms with Crippen molar-refractivity contribution in [1.29, 1.82) is 0 Å². The first-order valence-corrected chi connectivity index (χ1v) is 12.6. The van der Waals surface area contributed by atoms with Gasteiger partial charge in [0.2, 0.25) is 0 Å². The van der Waals surface area contributed by atoms with Crippen LogP contribution in [0.4, 0.5) is 4.79 Å². The van der Waals surface area contributed by atoms with Crippen LogP contribution in [-0.4, -0.2) is 6.16 Å². The van der Waals surface area contributed by atoms with E-state index < -0.39 is 6.16 Å². The number of carbonyl (C=O) groups excluding carboxylic acids is 1. The molecule has 0 aliphatic carbocycles. The minimum absolute atomic E-state index is 0.443. The molecule has 0 aliphatic rings. The summed E-state index contributed by atoms with van der Waals surface area (Å²) in [7, 11) is 0. The van der Waals surface area contributed by atoms with E-state index in [9.17, 15) is 4.79 Å². The third-order valence-corrected chi connectivity index (χ3v) is 5.97. The Kier molecular flexibility index (Phi) is 8.22. The summed E-state index contributed by atoms with van der Waals surface area (Å²) >= 11 is 0. The molecule has 0 spiro atoms. The molecule has 0 saturated heterocycles. The lowest BCUT2D eigenvalue weighted by Crippen LogP contribution is -2.13. The Bertz CT molecular complexity index is 1150. The zero-order chi connectivity index (χ0) is 25.5. The van der Waals surface area contributed by atoms with Crippen LogP contribution < -0.4 is 9.47 Å². The monoisotopic (exact) mass is 478 g/mol. The molecule has 0 unspecified atom stereocenters. The van der Waals surface area contributed by atoms with Gasteiger partial charge in [-0.25, -0.2) is 4.79 Å². The van der Waals surface area contributed by atoms with Crippen molar-refractivity contribution in [3.63, 3.8) is 0 Å². The van der Waals surface area contributed by atoms with Crippen LogP contribution in [0, 0.1) is 11.8 Å². The van der Waals surface area contributed by atoms with Crippen molar-refractivity contribution < 1.29 is 14.3 Å². The Labute approximate surface area is 214 Å². The summed E-state index contributed by atoms with van der Waals surface area (Å²) < 4.78 is 10.7. The van der Waals surface area contributed by atoms with Gasteiger partial charge in [-0.15, -0.1) is 0 Å². The number of hydrogen-bond donors (Lipinski definition) is 0. The minimum atomic E-state index is -0.758. The molecule has 36 heavy (non-hydrogen) atoms. The van der Waals surface area contributed by atoms with Crippen LogP contribution in [-0.2, 0) is 12.8 Å². The smallest absolute Gasteiger partial charge is 0.395 e. The van der Waals surface area contributed by atoms with E-state index in [1.807, 2.05) is 24.3 Å². The van der Waals surface area contributed by atoms with Crippen molar-refractivity contribution in [2.45, 2.75) is 40.5 Å². The molecule has 0 saturated carbocycles. The minimum Gasteiger partial charge on any atom is -0.395 e. The SMILES string of the molecule is CC(C)Cc1ccc(-c2ccc(OC(=O)Oc3ccc(-c4ccc(CC(C)C)cc4)cc3)cc2)cc1. The predicted molar refractivity (Wildman–Crippen MR) is 147 cm³/mol. The van der Waals surface area contributed by atoms with Crippen LogP contribution in [0.2, 0.25) is 0 Å². The zero-order valence-corrected chi connectivity index (χ0v) is 21.5. The molecule has 0 aliphatic heterocycles. The molecule has 184 valence electrons. The summed E-state index contributed by atoms with van der Waals surface area (Å²) in [5, 5.41) is 0. The molecule has 0 aromatic heterocycles. The van der Waals surface area contributed by atoms with Crippen LogP contribution in [0.25, 0.3) is 22.3 Å². The van der Waals surface area contributed by atoms with Crippen LogP contribution in [0.1, 0.15) is 38.8 Å². The molecular formula is C33H34O3. The third-order valence-electron chi connectivity index (χ3n) is 5.97. The van der Waals surface area contributed by atoms with Crippen LogP contribution in [0.3, 0.4) is 0 Å². The van der Waals surface area contributed by atoms with E-state index >= 15 is 0 Å². The molecule has 3 nitrogen and oxygen atoms in total. The molecule has 0 fully saturated rings. The van der Waals surface area contributed by atoms with Gasteiger partial charge in [0.25, 0.3) is 0 Å². The summed E-state index contributed by atoms with van der Waals surface area (Å²) in [6.45, 7) is 8.89. The van der Waals surface area contributed by atoms with E-state index in [1.54, 1.807) is 24.3 Å². The first kappa shape index (κ1) is 25.2. The van der Waals surface area contributed by atoms with Crippen LogP contribution in [0.5, 0.6) is 11.5 Å². The van der Waals surface area contributed by atoms with E-state index in [2.05, 4.69) is 76.2 Å². The topological polar surface area (TPSA) is 35.5 Å². The summed E-state index contributed by atoms with van der Waals surface area (Å²) in [4.78, 5) is 12.3. The van der Waals surface area contributed by atoms with E-state index in [0.717, 1.165) is 35.1 Å². The molecule has 0 atom stereocenters. The molecule has 4 aromatic rings. The zero-order valence-electron chi connectivity index (χ0n) is 21.5. The summed E-state index contributed by atoms with van der Waals surface area (Å²) in [6.07, 6.45) is 1.39. The van der Waals surface area contributed by atoms with Gasteiger partial charge in [0.05, 0.1) is 0 Å². The van der Waals surface area contributed by atoms with Crippen molar-refractivity contribution in [2.24, 2.45) is 11.8 Å². The van der Waals surface area contributed by atoms with E-state index in [1.165, 1.54) is 11.1 Å². The maximum absolute atomic E-state index is 12.3. The lowest BCUT2D eigenvalue weighted by Gasteiger charge is -2.09. The molecule has 4 rings (SSSR count). The Morgan fingerprint density at radius 1 is 0.500 bits per heavy atom. The number of ether oxygens (including phenoxy) is 2. The second-order valence-electron chi connectivity index (χ2n) is 10.1. The van der Waals surface area contributed by atoms with Crippen molar-refractivity contribution >= 4 is 6.16 Å². The highest BCUT2D eigenvalue weighted by Gasteiger charge is 2.09. The largest absolute Gasteiger partial charge is 0.519 e. The van der Waals surface area contributed by atoms with Gasteiger partial charge in [-0.1, -0.05) is 100 Å². The van der Waals surface area contributed by atoms with Gasteiger partial charge < -0.3 is 9.47 Å². The Morgan fingerprint density at radius 3 is 1.06 bits per heavy atom. The average Bonchev–Trinajstić information content (AvgIpc) is 2.85. The lowest BCUT2D eigenvalue weighted by molar-refractivity contribution is 0.152. The number of rotatable bonds is 8. The lowest BCUT2D eigenvalue weighted by atomic mass is 9.99. The van der Waals surface area contributed by atoms with E-state index in [0.29, 0.717) is 23.3 Å². The van der Waals surface area contributed by atoms with Crippen molar-refractivity contribution in [1.82, 2.24) is 0 Å². The van der Waals surface area contributed by atoms with E-state index in [-0.39, 0.29) is 0 Å². The Morgan fingerprint density at radius 2 is 0.778 bits per heavy atom. The van der Waals surface area contributed by atoms with Crippen LogP contribution >= 0.6 is 0 Å². The quantitative estimate of drug-likeness (QED) is 0.187. The van der Waals surface area contributed by atoms with Gasteiger partial charge >= 0.3 is 6.16 Å². The predicted octanol–water partition coefficient (Wildman–Crippen LogP) is 9.00. The Balaban J connectivity index is 1.32. The van der Waals surface area contributed by atoms with Gasteiger partial charge in [0.15, 0.2) is 0 Å². The van der Waals surface area contributed by atoms with Crippen molar-refractivity contribution in [3.8, 4) is 33.8 Å². The highest BCUT2D eigenvalue weighted by Crippen LogP contribution is 2.26. The molecule has 0 bridgehead atoms. The van der Waals surface area contributed by atoms with Gasteiger partial charge in [-0.3, -0.25) is 0 Å². The Hall–Kier alpha value is -3.85. The molecule has 0 amide bonds. The van der Waals surface area contributed by atoms with Gasteiger partial charge in [0, 0.05) is 0 Å². The maximum Gasteiger partial charge on any atom is 0.519 e. The van der Waals surface area contributed by atoms with Crippen LogP contribution in [0.15, 0.2) is 97.1 Å². The highest BCUT2D eigenvalue weighted by molar-refractivity contribution is 5.70.